The van der Waals surface area contributed by atoms with Crippen LogP contribution in [0.5, 0.6) is 5.75 Å². The minimum Gasteiger partial charge on any atom is -0.495 e. The Labute approximate surface area is 317 Å². The van der Waals surface area contributed by atoms with Crippen molar-refractivity contribution in [3.05, 3.63) is 117 Å². The maximum Gasteiger partial charge on any atom is 0.338 e. The van der Waals surface area contributed by atoms with Gasteiger partial charge in [0.2, 0.25) is 11.8 Å². The van der Waals surface area contributed by atoms with E-state index in [0.29, 0.717) is 40.2 Å². The molecule has 2 atom stereocenters. The Kier molecular flexibility index (Phi) is 12.5. The van der Waals surface area contributed by atoms with Crippen molar-refractivity contribution in [1.82, 2.24) is 14.8 Å². The van der Waals surface area contributed by atoms with Crippen LogP contribution in [-0.4, -0.2) is 72.6 Å². The van der Waals surface area contributed by atoms with E-state index in [2.05, 4.69) is 16.7 Å². The van der Waals surface area contributed by atoms with Crippen molar-refractivity contribution < 1.29 is 33.4 Å². The number of ether oxygens (including phenoxy) is 3. The number of pyridine rings is 1. The fourth-order valence-electron chi connectivity index (χ4n) is 5.93. The molecule has 1 aliphatic rings. The molecule has 0 aliphatic heterocycles. The first-order chi connectivity index (χ1) is 25.9. The molecular weight excluding hydrogens is 714 g/mol. The molecule has 1 aromatic heterocycles. The number of hydrogen-bond acceptors (Lipinski definition) is 10. The number of nitrogens with zero attached hydrogens (tertiary/aromatic N) is 3. The van der Waals surface area contributed by atoms with Crippen LogP contribution in [0.25, 0.3) is 11.1 Å². The van der Waals surface area contributed by atoms with Gasteiger partial charge in [0.05, 0.1) is 36.0 Å². The van der Waals surface area contributed by atoms with Crippen LogP contribution in [0.15, 0.2) is 89.9 Å². The Morgan fingerprint density at radius 2 is 1.69 bits per heavy atom. The van der Waals surface area contributed by atoms with Crippen LogP contribution >= 0.6 is 11.6 Å². The first kappa shape index (κ1) is 39.2. The van der Waals surface area contributed by atoms with Gasteiger partial charge >= 0.3 is 11.9 Å². The summed E-state index contributed by atoms with van der Waals surface area (Å²) in [4.78, 5) is 67.9. The van der Waals surface area contributed by atoms with Crippen molar-refractivity contribution in [2.75, 3.05) is 33.1 Å². The third-order valence-corrected chi connectivity index (χ3v) is 9.50. The number of likely N-dealkylation sites (N-methyl/N-ethyl adjacent to an activating group) is 1. The molecule has 4 aromatic rings. The fourth-order valence-corrected chi connectivity index (χ4v) is 6.11. The highest BCUT2D eigenvalue weighted by molar-refractivity contribution is 6.31. The lowest BCUT2D eigenvalue weighted by atomic mass is 10.00. The van der Waals surface area contributed by atoms with Crippen molar-refractivity contribution in [2.45, 2.75) is 50.4 Å². The van der Waals surface area contributed by atoms with Crippen LogP contribution in [0, 0.1) is 11.3 Å². The molecule has 0 bridgehead atoms. The number of halogens is 1. The minimum absolute atomic E-state index is 0.0232. The van der Waals surface area contributed by atoms with Crippen molar-refractivity contribution in [3.8, 4) is 22.9 Å². The lowest BCUT2D eigenvalue weighted by molar-refractivity contribution is -0.151. The SMILES string of the molecule is CCC(C(=O)Nc1ccc(C(=O)OCC(NC(=O)C2(N(C)C)CC2)C(=O)OCc2ccccc2)cc1)n1cc(OC)c(-c2cc(Cl)ccc2C#N)cc1=O. The molecule has 0 spiro atoms. The quantitative estimate of drug-likeness (QED) is 0.156. The Morgan fingerprint density at radius 3 is 2.30 bits per heavy atom. The van der Waals surface area contributed by atoms with Gasteiger partial charge in [0.1, 0.15) is 25.0 Å². The molecule has 280 valence electrons. The van der Waals surface area contributed by atoms with E-state index in [0.717, 1.165) is 5.56 Å². The predicted molar refractivity (Wildman–Crippen MR) is 201 cm³/mol. The molecule has 13 nitrogen and oxygen atoms in total. The number of methoxy groups -OCH3 is 1. The van der Waals surface area contributed by atoms with Gasteiger partial charge in [-0.15, -0.1) is 0 Å². The van der Waals surface area contributed by atoms with Crippen LogP contribution in [0.3, 0.4) is 0 Å². The molecular formula is C40H40ClN5O8. The molecule has 1 aliphatic carbocycles. The van der Waals surface area contributed by atoms with Crippen molar-refractivity contribution in [1.29, 1.82) is 5.26 Å². The third kappa shape index (κ3) is 8.97. The summed E-state index contributed by atoms with van der Waals surface area (Å²) in [6.07, 6.45) is 2.93. The zero-order chi connectivity index (χ0) is 39.0. The number of carbonyl (C=O) groups is 4. The van der Waals surface area contributed by atoms with Gasteiger partial charge < -0.3 is 24.8 Å². The van der Waals surface area contributed by atoms with Crippen LogP contribution in [0.4, 0.5) is 5.69 Å². The summed E-state index contributed by atoms with van der Waals surface area (Å²) in [6, 6.07) is 20.8. The topological polar surface area (TPSA) is 169 Å². The van der Waals surface area contributed by atoms with Gasteiger partial charge in [-0.1, -0.05) is 48.9 Å². The van der Waals surface area contributed by atoms with Crippen molar-refractivity contribution in [2.24, 2.45) is 0 Å². The predicted octanol–water partition coefficient (Wildman–Crippen LogP) is 5.12. The first-order valence-electron chi connectivity index (χ1n) is 17.2. The molecule has 0 saturated heterocycles. The van der Waals surface area contributed by atoms with Gasteiger partial charge in [-0.3, -0.25) is 23.9 Å². The summed E-state index contributed by atoms with van der Waals surface area (Å²) >= 11 is 6.17. The Bertz CT molecular complexity index is 2120. The van der Waals surface area contributed by atoms with E-state index in [-0.39, 0.29) is 30.2 Å². The number of benzene rings is 3. The minimum atomic E-state index is -1.25. The molecule has 3 aromatic carbocycles. The average molecular weight is 754 g/mol. The van der Waals surface area contributed by atoms with Gasteiger partial charge in [-0.2, -0.15) is 5.26 Å². The standard InChI is InChI=1S/C40H40ClN5O8/c1-5-33(46-22-34(52-4)31(20-35(46)47)30-19-28(41)14-11-27(30)21-42)36(48)43-29-15-12-26(13-16-29)37(49)54-24-32(44-39(51)40(17-18-40)45(2)3)38(50)53-23-25-9-7-6-8-10-25/h6-16,19-20,22,32-33H,5,17-18,23-24H2,1-4H3,(H,43,48)(H,44,51). The lowest BCUT2D eigenvalue weighted by Gasteiger charge is -2.25. The number of nitriles is 1. The molecule has 2 unspecified atom stereocenters. The molecule has 54 heavy (non-hydrogen) atoms. The van der Waals surface area contributed by atoms with Crippen molar-refractivity contribution >= 4 is 41.0 Å². The number of amides is 2. The zero-order valence-electron chi connectivity index (χ0n) is 30.3. The lowest BCUT2D eigenvalue weighted by Crippen LogP contribution is -2.53. The Morgan fingerprint density at radius 1 is 0.981 bits per heavy atom. The van der Waals surface area contributed by atoms with E-state index in [1.807, 2.05) is 18.2 Å². The van der Waals surface area contributed by atoms with E-state index in [1.165, 1.54) is 48.2 Å². The van der Waals surface area contributed by atoms with Crippen LogP contribution < -0.4 is 20.9 Å². The zero-order valence-corrected chi connectivity index (χ0v) is 31.0. The summed E-state index contributed by atoms with van der Waals surface area (Å²) in [5.41, 5.74) is 1.07. The normalized spacial score (nSPS) is 13.9. The summed E-state index contributed by atoms with van der Waals surface area (Å²) in [6.45, 7) is 1.26. The van der Waals surface area contributed by atoms with E-state index < -0.39 is 47.6 Å². The smallest absolute Gasteiger partial charge is 0.338 e. The van der Waals surface area contributed by atoms with Gasteiger partial charge in [-0.25, -0.2) is 9.59 Å². The fraction of sp³-hybridized carbons (Fsp3) is 0.300. The summed E-state index contributed by atoms with van der Waals surface area (Å²) < 4.78 is 17.7. The summed E-state index contributed by atoms with van der Waals surface area (Å²) in [5, 5.41) is 15.5. The molecule has 1 heterocycles. The number of rotatable bonds is 15. The highest BCUT2D eigenvalue weighted by Crippen LogP contribution is 2.40. The number of esters is 2. The van der Waals surface area contributed by atoms with E-state index in [9.17, 15) is 29.2 Å². The summed E-state index contributed by atoms with van der Waals surface area (Å²) in [5.74, 6) is -2.11. The van der Waals surface area contributed by atoms with Gasteiger partial charge in [-0.05, 0) is 81.4 Å². The van der Waals surface area contributed by atoms with Gasteiger partial charge in [0.25, 0.3) is 5.56 Å². The van der Waals surface area contributed by atoms with E-state index in [4.69, 9.17) is 25.8 Å². The summed E-state index contributed by atoms with van der Waals surface area (Å²) in [7, 11) is 4.99. The second-order valence-electron chi connectivity index (χ2n) is 12.9. The molecule has 5 rings (SSSR count). The Hall–Kier alpha value is -5.97. The number of hydrogen-bond donors (Lipinski definition) is 2. The van der Waals surface area contributed by atoms with Gasteiger partial charge in [0, 0.05) is 27.9 Å². The second-order valence-corrected chi connectivity index (χ2v) is 13.4. The number of nitrogens with one attached hydrogen (secondary N) is 2. The number of aromatic nitrogens is 1. The highest BCUT2D eigenvalue weighted by atomic mass is 35.5. The largest absolute Gasteiger partial charge is 0.495 e. The number of anilines is 1. The average Bonchev–Trinajstić information content (AvgIpc) is 3.99. The highest BCUT2D eigenvalue weighted by Gasteiger charge is 2.52. The van der Waals surface area contributed by atoms with Crippen molar-refractivity contribution in [3.63, 3.8) is 0 Å². The van der Waals surface area contributed by atoms with Crippen LogP contribution in [0.2, 0.25) is 5.02 Å². The molecule has 0 radical (unpaired) electrons. The maximum absolute atomic E-state index is 13.5. The first-order valence-corrected chi connectivity index (χ1v) is 17.6. The van der Waals surface area contributed by atoms with E-state index in [1.54, 1.807) is 56.3 Å². The Balaban J connectivity index is 1.25. The number of carbonyl (C=O) groups excluding carboxylic acids is 4. The van der Waals surface area contributed by atoms with Crippen LogP contribution in [0.1, 0.15) is 53.7 Å². The van der Waals surface area contributed by atoms with Crippen LogP contribution in [-0.2, 0) is 30.5 Å². The monoisotopic (exact) mass is 753 g/mol. The van der Waals surface area contributed by atoms with E-state index >= 15 is 0 Å². The molecule has 14 heteroatoms. The molecule has 2 N–H and O–H groups in total. The molecule has 2 amide bonds. The molecule has 1 fully saturated rings. The maximum atomic E-state index is 13.5. The second kappa shape index (κ2) is 17.2. The third-order valence-electron chi connectivity index (χ3n) is 9.27. The van der Waals surface area contributed by atoms with Gasteiger partial charge in [0.15, 0.2) is 6.04 Å². The molecule has 1 saturated carbocycles.